The molecule has 0 amide bonds. The molecule has 0 aliphatic heterocycles. The number of furan rings is 1. The highest BCUT2D eigenvalue weighted by Gasteiger charge is 2.17. The lowest BCUT2D eigenvalue weighted by molar-refractivity contribution is 0.0861. The topological polar surface area (TPSA) is 62.6 Å². The SMILES string of the molecule is Cc1cc(CN(Cc2ccccc2)CC(O)c2ccco2)no1. The molecule has 1 N–H and O–H groups in total. The Morgan fingerprint density at radius 2 is 1.96 bits per heavy atom. The Hall–Kier alpha value is -2.37. The molecule has 23 heavy (non-hydrogen) atoms. The predicted molar refractivity (Wildman–Crippen MR) is 85.5 cm³/mol. The number of aliphatic hydroxyl groups is 1. The molecule has 120 valence electrons. The van der Waals surface area contributed by atoms with E-state index in [9.17, 15) is 5.11 Å². The molecule has 3 rings (SSSR count). The van der Waals surface area contributed by atoms with Crippen molar-refractivity contribution in [2.24, 2.45) is 0 Å². The Bertz CT molecular complexity index is 707. The number of nitrogens with zero attached hydrogens (tertiary/aromatic N) is 2. The lowest BCUT2D eigenvalue weighted by Crippen LogP contribution is -2.28. The van der Waals surface area contributed by atoms with Gasteiger partial charge in [-0.05, 0) is 24.6 Å². The minimum atomic E-state index is -0.679. The van der Waals surface area contributed by atoms with Crippen molar-refractivity contribution < 1.29 is 14.0 Å². The second-order valence-electron chi connectivity index (χ2n) is 5.62. The molecule has 3 aromatic rings. The van der Waals surface area contributed by atoms with Crippen LogP contribution in [0.15, 0.2) is 63.7 Å². The number of rotatable bonds is 7. The van der Waals surface area contributed by atoms with Gasteiger partial charge in [-0.25, -0.2) is 0 Å². The van der Waals surface area contributed by atoms with E-state index < -0.39 is 6.10 Å². The van der Waals surface area contributed by atoms with Gasteiger partial charge in [-0.15, -0.1) is 0 Å². The monoisotopic (exact) mass is 312 g/mol. The molecule has 0 radical (unpaired) electrons. The van der Waals surface area contributed by atoms with Crippen molar-refractivity contribution in [1.29, 1.82) is 0 Å². The number of aryl methyl sites for hydroxylation is 1. The van der Waals surface area contributed by atoms with Crippen molar-refractivity contribution >= 4 is 0 Å². The zero-order valence-electron chi connectivity index (χ0n) is 13.1. The highest BCUT2D eigenvalue weighted by Crippen LogP contribution is 2.18. The molecule has 0 aliphatic rings. The number of hydrogen-bond donors (Lipinski definition) is 1. The summed E-state index contributed by atoms with van der Waals surface area (Å²) in [5.74, 6) is 1.35. The third kappa shape index (κ3) is 4.31. The maximum Gasteiger partial charge on any atom is 0.133 e. The van der Waals surface area contributed by atoms with E-state index in [2.05, 4.69) is 22.2 Å². The van der Waals surface area contributed by atoms with Gasteiger partial charge in [0.25, 0.3) is 0 Å². The molecule has 0 saturated carbocycles. The average molecular weight is 312 g/mol. The molecule has 1 aromatic carbocycles. The fraction of sp³-hybridized carbons (Fsp3) is 0.278. The molecule has 5 nitrogen and oxygen atoms in total. The molecular formula is C18H20N2O3. The molecule has 0 aliphatic carbocycles. The van der Waals surface area contributed by atoms with Gasteiger partial charge >= 0.3 is 0 Å². The number of aromatic nitrogens is 1. The van der Waals surface area contributed by atoms with Crippen LogP contribution in [-0.2, 0) is 13.1 Å². The fourth-order valence-corrected chi connectivity index (χ4v) is 2.56. The fourth-order valence-electron chi connectivity index (χ4n) is 2.56. The molecule has 1 atom stereocenters. The molecule has 0 spiro atoms. The maximum atomic E-state index is 10.4. The standard InChI is InChI=1S/C18H20N2O3/c1-14-10-16(19-23-14)12-20(11-15-6-3-2-4-7-15)13-17(21)18-8-5-9-22-18/h2-10,17,21H,11-13H2,1H3. The summed E-state index contributed by atoms with van der Waals surface area (Å²) in [6.07, 6.45) is 0.892. The summed E-state index contributed by atoms with van der Waals surface area (Å²) >= 11 is 0. The molecule has 5 heteroatoms. The Labute approximate surface area is 135 Å². The summed E-state index contributed by atoms with van der Waals surface area (Å²) in [5, 5.41) is 14.4. The van der Waals surface area contributed by atoms with Crippen molar-refractivity contribution in [2.75, 3.05) is 6.54 Å². The van der Waals surface area contributed by atoms with E-state index >= 15 is 0 Å². The summed E-state index contributed by atoms with van der Waals surface area (Å²) < 4.78 is 10.4. The zero-order valence-corrected chi connectivity index (χ0v) is 13.1. The van der Waals surface area contributed by atoms with E-state index in [4.69, 9.17) is 8.94 Å². The van der Waals surface area contributed by atoms with Gasteiger partial charge in [0.1, 0.15) is 17.6 Å². The van der Waals surface area contributed by atoms with Crippen LogP contribution in [0.5, 0.6) is 0 Å². The van der Waals surface area contributed by atoms with Crippen LogP contribution >= 0.6 is 0 Å². The Morgan fingerprint density at radius 3 is 2.61 bits per heavy atom. The van der Waals surface area contributed by atoms with Crippen molar-refractivity contribution in [3.05, 3.63) is 77.6 Å². The second kappa shape index (κ2) is 7.26. The lowest BCUT2D eigenvalue weighted by atomic mass is 10.2. The van der Waals surface area contributed by atoms with Crippen LogP contribution in [-0.4, -0.2) is 21.7 Å². The number of aliphatic hydroxyl groups excluding tert-OH is 1. The number of benzene rings is 1. The van der Waals surface area contributed by atoms with E-state index in [-0.39, 0.29) is 0 Å². The second-order valence-corrected chi connectivity index (χ2v) is 5.62. The third-order valence-electron chi connectivity index (χ3n) is 3.61. The van der Waals surface area contributed by atoms with Crippen LogP contribution in [0.4, 0.5) is 0 Å². The van der Waals surface area contributed by atoms with Gasteiger partial charge in [0, 0.05) is 25.7 Å². The van der Waals surface area contributed by atoms with Crippen molar-refractivity contribution in [3.63, 3.8) is 0 Å². The Kier molecular flexibility index (Phi) is 4.90. The zero-order chi connectivity index (χ0) is 16.1. The first kappa shape index (κ1) is 15.5. The van der Waals surface area contributed by atoms with E-state index in [1.165, 1.54) is 5.56 Å². The highest BCUT2D eigenvalue weighted by molar-refractivity contribution is 5.15. The summed E-state index contributed by atoms with van der Waals surface area (Å²) in [6, 6.07) is 15.6. The van der Waals surface area contributed by atoms with Crippen LogP contribution < -0.4 is 0 Å². The molecule has 0 fully saturated rings. The minimum absolute atomic E-state index is 0.453. The van der Waals surface area contributed by atoms with Crippen molar-refractivity contribution in [1.82, 2.24) is 10.1 Å². The first-order valence-corrected chi connectivity index (χ1v) is 7.60. The van der Waals surface area contributed by atoms with Crippen molar-refractivity contribution in [3.8, 4) is 0 Å². The lowest BCUT2D eigenvalue weighted by Gasteiger charge is -2.23. The summed E-state index contributed by atoms with van der Waals surface area (Å²) in [7, 11) is 0. The Morgan fingerprint density at radius 1 is 1.13 bits per heavy atom. The third-order valence-corrected chi connectivity index (χ3v) is 3.61. The van der Waals surface area contributed by atoms with Crippen LogP contribution in [0.1, 0.15) is 28.9 Å². The maximum absolute atomic E-state index is 10.4. The molecule has 0 bridgehead atoms. The van der Waals surface area contributed by atoms with E-state index in [0.717, 1.165) is 11.5 Å². The first-order chi connectivity index (χ1) is 11.2. The summed E-state index contributed by atoms with van der Waals surface area (Å²) in [5.41, 5.74) is 2.03. The van der Waals surface area contributed by atoms with Gasteiger partial charge in [-0.3, -0.25) is 4.90 Å². The van der Waals surface area contributed by atoms with Crippen molar-refractivity contribution in [2.45, 2.75) is 26.1 Å². The van der Waals surface area contributed by atoms with Gasteiger partial charge in [0.15, 0.2) is 0 Å². The van der Waals surface area contributed by atoms with Gasteiger partial charge in [0.2, 0.25) is 0 Å². The van der Waals surface area contributed by atoms with Gasteiger partial charge < -0.3 is 14.0 Å². The van der Waals surface area contributed by atoms with E-state index in [1.54, 1.807) is 18.4 Å². The minimum Gasteiger partial charge on any atom is -0.467 e. The van der Waals surface area contributed by atoms with Crippen LogP contribution in [0.3, 0.4) is 0 Å². The first-order valence-electron chi connectivity index (χ1n) is 7.60. The quantitative estimate of drug-likeness (QED) is 0.725. The van der Waals surface area contributed by atoms with Gasteiger partial charge in [-0.2, -0.15) is 0 Å². The molecular weight excluding hydrogens is 292 g/mol. The average Bonchev–Trinajstić information content (AvgIpc) is 3.20. The molecule has 2 heterocycles. The normalized spacial score (nSPS) is 12.7. The highest BCUT2D eigenvalue weighted by atomic mass is 16.5. The van der Waals surface area contributed by atoms with E-state index in [0.29, 0.717) is 25.4 Å². The number of hydrogen-bond acceptors (Lipinski definition) is 5. The Balaban J connectivity index is 1.72. The molecule has 1 unspecified atom stereocenters. The largest absolute Gasteiger partial charge is 0.467 e. The van der Waals surface area contributed by atoms with Crippen LogP contribution in [0, 0.1) is 6.92 Å². The smallest absolute Gasteiger partial charge is 0.133 e. The van der Waals surface area contributed by atoms with Crippen LogP contribution in [0.2, 0.25) is 0 Å². The van der Waals surface area contributed by atoms with Gasteiger partial charge in [0.05, 0.1) is 12.0 Å². The summed E-state index contributed by atoms with van der Waals surface area (Å²) in [4.78, 5) is 2.12. The summed E-state index contributed by atoms with van der Waals surface area (Å²) in [6.45, 7) is 3.64. The molecule has 0 saturated heterocycles. The van der Waals surface area contributed by atoms with Crippen LogP contribution in [0.25, 0.3) is 0 Å². The van der Waals surface area contributed by atoms with Gasteiger partial charge in [-0.1, -0.05) is 35.5 Å². The predicted octanol–water partition coefficient (Wildman–Crippen LogP) is 3.31. The molecule has 2 aromatic heterocycles. The van der Waals surface area contributed by atoms with E-state index in [1.807, 2.05) is 31.2 Å².